The van der Waals surface area contributed by atoms with Crippen LogP contribution in [-0.4, -0.2) is 22.2 Å². The summed E-state index contributed by atoms with van der Waals surface area (Å²) in [4.78, 5) is 26.8. The van der Waals surface area contributed by atoms with Crippen LogP contribution >= 0.6 is 23.2 Å². The maximum Gasteiger partial charge on any atom is 0.251 e. The van der Waals surface area contributed by atoms with E-state index in [9.17, 15) is 9.59 Å². The van der Waals surface area contributed by atoms with Crippen LogP contribution in [0.25, 0.3) is 0 Å². The number of carbonyl (C=O) groups is 2. The fraction of sp³-hybridized carbons (Fsp3) is 0.417. The molecular formula is C12H14Cl2N2O2. The highest BCUT2D eigenvalue weighted by atomic mass is 35.5. The Labute approximate surface area is 116 Å². The highest BCUT2D eigenvalue weighted by Crippen LogP contribution is 2.16. The minimum atomic E-state index is -0.620. The van der Waals surface area contributed by atoms with Crippen molar-refractivity contribution in [1.29, 1.82) is 0 Å². The topological polar surface area (TPSA) is 59.1 Å². The van der Waals surface area contributed by atoms with Crippen molar-refractivity contribution in [2.75, 3.05) is 0 Å². The molecule has 0 spiro atoms. The summed E-state index contributed by atoms with van der Waals surface area (Å²) in [6, 6.07) is 2.85. The second kappa shape index (κ2) is 5.67. The van der Waals surface area contributed by atoms with Crippen LogP contribution in [0.1, 0.15) is 37.6 Å². The molecule has 1 amide bonds. The van der Waals surface area contributed by atoms with E-state index >= 15 is 0 Å². The number of aromatic nitrogens is 1. The lowest BCUT2D eigenvalue weighted by atomic mass is 9.97. The lowest BCUT2D eigenvalue weighted by molar-refractivity contribution is -0.118. The van der Waals surface area contributed by atoms with Gasteiger partial charge in [-0.3, -0.25) is 9.59 Å². The van der Waals surface area contributed by atoms with Crippen LogP contribution in [0.15, 0.2) is 12.1 Å². The fourth-order valence-electron chi connectivity index (χ4n) is 1.64. The molecule has 6 heteroatoms. The van der Waals surface area contributed by atoms with Gasteiger partial charge in [0.05, 0.1) is 0 Å². The lowest BCUT2D eigenvalue weighted by Crippen LogP contribution is -2.44. The number of halogens is 2. The molecule has 4 nitrogen and oxygen atoms in total. The van der Waals surface area contributed by atoms with Gasteiger partial charge in [0.2, 0.25) is 0 Å². The largest absolute Gasteiger partial charge is 0.347 e. The Balaban J connectivity index is 2.85. The fourth-order valence-corrected chi connectivity index (χ4v) is 2.10. The van der Waals surface area contributed by atoms with Gasteiger partial charge >= 0.3 is 0 Å². The Hall–Kier alpha value is -1.13. The Morgan fingerprint density at radius 3 is 2.22 bits per heavy atom. The van der Waals surface area contributed by atoms with E-state index in [0.717, 1.165) is 0 Å². The Bertz CT molecular complexity index is 467. The van der Waals surface area contributed by atoms with Crippen molar-refractivity contribution in [2.24, 2.45) is 0 Å². The third-order valence-electron chi connectivity index (χ3n) is 2.17. The average Bonchev–Trinajstić information content (AvgIpc) is 2.12. The summed E-state index contributed by atoms with van der Waals surface area (Å²) in [5, 5.41) is 3.05. The van der Waals surface area contributed by atoms with E-state index in [0.29, 0.717) is 5.56 Å². The molecule has 0 unspecified atom stereocenters. The van der Waals surface area contributed by atoms with Gasteiger partial charge in [-0.2, -0.15) is 0 Å². The first kappa shape index (κ1) is 14.9. The summed E-state index contributed by atoms with van der Waals surface area (Å²) in [6.07, 6.45) is 0.255. The summed E-state index contributed by atoms with van der Waals surface area (Å²) in [6.45, 7) is 5.03. The van der Waals surface area contributed by atoms with Gasteiger partial charge in [0, 0.05) is 17.5 Å². The van der Waals surface area contributed by atoms with E-state index in [-0.39, 0.29) is 28.4 Å². The van der Waals surface area contributed by atoms with Crippen LogP contribution in [-0.2, 0) is 4.79 Å². The number of nitrogens with one attached hydrogen (secondary N) is 1. The van der Waals surface area contributed by atoms with Crippen LogP contribution in [0.4, 0.5) is 0 Å². The summed E-state index contributed by atoms with van der Waals surface area (Å²) >= 11 is 11.4. The summed E-state index contributed by atoms with van der Waals surface area (Å²) in [5.74, 6) is -0.335. The van der Waals surface area contributed by atoms with Crippen LogP contribution in [0.2, 0.25) is 10.3 Å². The normalized spacial score (nSPS) is 11.2. The third-order valence-corrected chi connectivity index (χ3v) is 2.56. The van der Waals surface area contributed by atoms with E-state index in [1.54, 1.807) is 13.8 Å². The zero-order valence-corrected chi connectivity index (χ0v) is 11.9. The average molecular weight is 289 g/mol. The van der Waals surface area contributed by atoms with Crippen molar-refractivity contribution < 1.29 is 9.59 Å². The van der Waals surface area contributed by atoms with Crippen molar-refractivity contribution >= 4 is 34.9 Å². The van der Waals surface area contributed by atoms with Crippen LogP contribution in [0.3, 0.4) is 0 Å². The minimum Gasteiger partial charge on any atom is -0.347 e. The van der Waals surface area contributed by atoms with E-state index in [1.165, 1.54) is 19.1 Å². The third kappa shape index (κ3) is 4.63. The molecule has 0 aliphatic rings. The molecule has 0 saturated heterocycles. The monoisotopic (exact) mass is 288 g/mol. The van der Waals surface area contributed by atoms with E-state index in [2.05, 4.69) is 10.3 Å². The van der Waals surface area contributed by atoms with Crippen molar-refractivity contribution in [3.8, 4) is 0 Å². The molecule has 1 heterocycles. The number of rotatable bonds is 4. The molecule has 0 bridgehead atoms. The molecule has 0 fully saturated rings. The summed E-state index contributed by atoms with van der Waals surface area (Å²) in [5.41, 5.74) is -0.304. The quantitative estimate of drug-likeness (QED) is 0.867. The van der Waals surface area contributed by atoms with E-state index in [1.807, 2.05) is 0 Å². The Kier molecular flexibility index (Phi) is 4.71. The number of ketones is 1. The predicted molar refractivity (Wildman–Crippen MR) is 71.1 cm³/mol. The molecule has 0 aliphatic carbocycles. The molecule has 0 saturated carbocycles. The zero-order chi connectivity index (χ0) is 13.9. The van der Waals surface area contributed by atoms with E-state index < -0.39 is 5.54 Å². The maximum atomic E-state index is 12.0. The van der Waals surface area contributed by atoms with Crippen LogP contribution in [0.5, 0.6) is 0 Å². The highest BCUT2D eigenvalue weighted by Gasteiger charge is 2.23. The Morgan fingerprint density at radius 1 is 1.28 bits per heavy atom. The van der Waals surface area contributed by atoms with Crippen molar-refractivity contribution in [3.63, 3.8) is 0 Å². The first-order valence-electron chi connectivity index (χ1n) is 5.35. The van der Waals surface area contributed by atoms with Crippen molar-refractivity contribution in [2.45, 2.75) is 32.7 Å². The molecule has 1 rings (SSSR count). The van der Waals surface area contributed by atoms with Gasteiger partial charge in [-0.25, -0.2) is 4.98 Å². The molecule has 1 aromatic heterocycles. The SMILES string of the molecule is CC(=O)CC(C)(C)NC(=O)c1cc(Cl)nc(Cl)c1. The van der Waals surface area contributed by atoms with Crippen molar-refractivity contribution in [1.82, 2.24) is 10.3 Å². The predicted octanol–water partition coefficient (Wildman–Crippen LogP) is 2.88. The van der Waals surface area contributed by atoms with Crippen molar-refractivity contribution in [3.05, 3.63) is 28.0 Å². The number of amides is 1. The lowest BCUT2D eigenvalue weighted by Gasteiger charge is -2.25. The number of hydrogen-bond donors (Lipinski definition) is 1. The first-order chi connectivity index (χ1) is 8.19. The minimum absolute atomic E-state index is 0.00564. The maximum absolute atomic E-state index is 12.0. The molecule has 0 aliphatic heterocycles. The Morgan fingerprint density at radius 2 is 1.78 bits per heavy atom. The summed E-state index contributed by atoms with van der Waals surface area (Å²) in [7, 11) is 0. The molecule has 1 N–H and O–H groups in total. The number of carbonyl (C=O) groups excluding carboxylic acids is 2. The number of nitrogens with zero attached hydrogens (tertiary/aromatic N) is 1. The second-order valence-electron chi connectivity index (χ2n) is 4.72. The molecule has 0 radical (unpaired) electrons. The highest BCUT2D eigenvalue weighted by molar-refractivity contribution is 6.33. The smallest absolute Gasteiger partial charge is 0.251 e. The molecule has 0 atom stereocenters. The molecule has 1 aromatic rings. The first-order valence-corrected chi connectivity index (χ1v) is 6.10. The van der Waals surface area contributed by atoms with Gasteiger partial charge in [-0.1, -0.05) is 23.2 Å². The van der Waals surface area contributed by atoms with Gasteiger partial charge in [-0.15, -0.1) is 0 Å². The molecule has 98 valence electrons. The molecule has 0 aromatic carbocycles. The van der Waals surface area contributed by atoms with Gasteiger partial charge in [0.15, 0.2) is 0 Å². The molecular weight excluding hydrogens is 275 g/mol. The van der Waals surface area contributed by atoms with Gasteiger partial charge in [0.1, 0.15) is 16.1 Å². The zero-order valence-electron chi connectivity index (χ0n) is 10.4. The van der Waals surface area contributed by atoms with Gasteiger partial charge < -0.3 is 5.32 Å². The molecule has 18 heavy (non-hydrogen) atoms. The van der Waals surface area contributed by atoms with Crippen LogP contribution < -0.4 is 5.32 Å². The van der Waals surface area contributed by atoms with Gasteiger partial charge in [0.25, 0.3) is 5.91 Å². The number of hydrogen-bond acceptors (Lipinski definition) is 3. The van der Waals surface area contributed by atoms with Gasteiger partial charge in [-0.05, 0) is 32.9 Å². The standard InChI is InChI=1S/C12H14Cl2N2O2/c1-7(17)6-12(2,3)16-11(18)8-4-9(13)15-10(14)5-8/h4-5H,6H2,1-3H3,(H,16,18). The number of Topliss-reactive ketones (excluding diaryl/α,β-unsaturated/α-hetero) is 1. The number of pyridine rings is 1. The van der Waals surface area contributed by atoms with E-state index in [4.69, 9.17) is 23.2 Å². The second-order valence-corrected chi connectivity index (χ2v) is 5.49. The van der Waals surface area contributed by atoms with Crippen LogP contribution in [0, 0.1) is 0 Å². The summed E-state index contributed by atoms with van der Waals surface area (Å²) < 4.78 is 0.